The normalized spacial score (nSPS) is 9.57. The Balaban J connectivity index is 2.78. The first-order valence-electron chi connectivity index (χ1n) is 4.72. The third-order valence-electron chi connectivity index (χ3n) is 2.26. The average molecular weight is 189 g/mol. The summed E-state index contributed by atoms with van der Waals surface area (Å²) in [6.45, 7) is 6.64. The van der Waals surface area contributed by atoms with Gasteiger partial charge in [0.2, 0.25) is 0 Å². The number of nitriles is 1. The van der Waals surface area contributed by atoms with E-state index in [2.05, 4.69) is 26.0 Å². The van der Waals surface area contributed by atoms with E-state index in [0.29, 0.717) is 13.0 Å². The molecule has 74 valence electrons. The summed E-state index contributed by atoms with van der Waals surface area (Å²) >= 11 is 0. The fourth-order valence-electron chi connectivity index (χ4n) is 1.30. The Bertz CT molecular complexity index is 363. The van der Waals surface area contributed by atoms with Crippen LogP contribution in [0.2, 0.25) is 0 Å². The second-order valence-electron chi connectivity index (χ2n) is 3.46. The van der Waals surface area contributed by atoms with E-state index in [4.69, 9.17) is 10.00 Å². The smallest absolute Gasteiger partial charge is 0.122 e. The van der Waals surface area contributed by atoms with Gasteiger partial charge in [-0.1, -0.05) is 6.07 Å². The van der Waals surface area contributed by atoms with Crippen molar-refractivity contribution >= 4 is 0 Å². The first-order valence-corrected chi connectivity index (χ1v) is 4.72. The molecule has 0 aliphatic heterocycles. The van der Waals surface area contributed by atoms with Crippen LogP contribution in [0.15, 0.2) is 12.1 Å². The zero-order chi connectivity index (χ0) is 10.6. The molecule has 2 nitrogen and oxygen atoms in total. The first-order chi connectivity index (χ1) is 6.65. The van der Waals surface area contributed by atoms with E-state index < -0.39 is 0 Å². The molecule has 1 aromatic rings. The van der Waals surface area contributed by atoms with E-state index in [1.54, 1.807) is 0 Å². The number of nitrogens with zero attached hydrogens (tertiary/aromatic N) is 1. The summed E-state index contributed by atoms with van der Waals surface area (Å²) in [5.74, 6) is 0.892. The molecule has 0 amide bonds. The maximum Gasteiger partial charge on any atom is 0.122 e. The Morgan fingerprint density at radius 2 is 1.79 bits per heavy atom. The summed E-state index contributed by atoms with van der Waals surface area (Å²) in [6.07, 6.45) is 0.437. The van der Waals surface area contributed by atoms with Gasteiger partial charge in [0.25, 0.3) is 0 Å². The summed E-state index contributed by atoms with van der Waals surface area (Å²) in [5, 5.41) is 8.38. The quantitative estimate of drug-likeness (QED) is 0.685. The molecule has 0 aromatic heterocycles. The van der Waals surface area contributed by atoms with Crippen LogP contribution in [0.1, 0.15) is 23.1 Å². The fourth-order valence-corrected chi connectivity index (χ4v) is 1.30. The molecule has 2 heteroatoms. The van der Waals surface area contributed by atoms with E-state index in [1.165, 1.54) is 11.1 Å². The van der Waals surface area contributed by atoms with Gasteiger partial charge in [-0.3, -0.25) is 0 Å². The van der Waals surface area contributed by atoms with Gasteiger partial charge in [0, 0.05) is 0 Å². The lowest BCUT2D eigenvalue weighted by molar-refractivity contribution is 0.324. The molecule has 0 saturated heterocycles. The molecule has 1 aromatic carbocycles. The van der Waals surface area contributed by atoms with Crippen LogP contribution in [0, 0.1) is 32.1 Å². The molecule has 0 atom stereocenters. The van der Waals surface area contributed by atoms with Gasteiger partial charge in [0.05, 0.1) is 12.5 Å². The molecule has 0 fully saturated rings. The lowest BCUT2D eigenvalue weighted by Gasteiger charge is -2.10. The Morgan fingerprint density at radius 3 is 2.43 bits per heavy atom. The zero-order valence-corrected chi connectivity index (χ0v) is 8.92. The standard InChI is InChI=1S/C12H15NO/c1-9-7-11(3)12(8-10(9)2)14-6-4-5-13/h7-8H,4,6H2,1-3H3. The number of rotatable bonds is 3. The summed E-state index contributed by atoms with van der Waals surface area (Å²) in [5.41, 5.74) is 3.63. The van der Waals surface area contributed by atoms with Crippen molar-refractivity contribution in [1.82, 2.24) is 0 Å². The summed E-state index contributed by atoms with van der Waals surface area (Å²) in [7, 11) is 0. The van der Waals surface area contributed by atoms with Crippen molar-refractivity contribution in [2.45, 2.75) is 27.2 Å². The highest BCUT2D eigenvalue weighted by molar-refractivity contribution is 5.40. The van der Waals surface area contributed by atoms with Crippen LogP contribution in [-0.4, -0.2) is 6.61 Å². The van der Waals surface area contributed by atoms with Gasteiger partial charge >= 0.3 is 0 Å². The Hall–Kier alpha value is -1.49. The molecule has 0 spiro atoms. The predicted molar refractivity (Wildman–Crippen MR) is 56.4 cm³/mol. The molecular weight excluding hydrogens is 174 g/mol. The van der Waals surface area contributed by atoms with Gasteiger partial charge in [0.1, 0.15) is 12.4 Å². The van der Waals surface area contributed by atoms with Crippen molar-refractivity contribution in [1.29, 1.82) is 5.26 Å². The Labute approximate surface area is 85.1 Å². The van der Waals surface area contributed by atoms with Gasteiger partial charge < -0.3 is 4.74 Å². The van der Waals surface area contributed by atoms with Crippen LogP contribution in [-0.2, 0) is 0 Å². The number of aryl methyl sites for hydroxylation is 3. The van der Waals surface area contributed by atoms with E-state index in [-0.39, 0.29) is 0 Å². The minimum atomic E-state index is 0.437. The average Bonchev–Trinajstić information content (AvgIpc) is 2.14. The lowest BCUT2D eigenvalue weighted by Crippen LogP contribution is -1.98. The van der Waals surface area contributed by atoms with E-state index in [0.717, 1.165) is 11.3 Å². The number of hydrogen-bond acceptors (Lipinski definition) is 2. The highest BCUT2D eigenvalue weighted by Gasteiger charge is 2.02. The maximum absolute atomic E-state index is 8.38. The van der Waals surface area contributed by atoms with Gasteiger partial charge in [-0.25, -0.2) is 0 Å². The van der Waals surface area contributed by atoms with Crippen molar-refractivity contribution in [2.75, 3.05) is 6.61 Å². The summed E-state index contributed by atoms with van der Waals surface area (Å²) in [6, 6.07) is 6.20. The van der Waals surface area contributed by atoms with Crippen LogP contribution >= 0.6 is 0 Å². The van der Waals surface area contributed by atoms with Crippen LogP contribution in [0.4, 0.5) is 0 Å². The molecule has 0 aliphatic carbocycles. The second-order valence-corrected chi connectivity index (χ2v) is 3.46. The van der Waals surface area contributed by atoms with E-state index >= 15 is 0 Å². The molecule has 0 heterocycles. The van der Waals surface area contributed by atoms with Crippen LogP contribution in [0.3, 0.4) is 0 Å². The highest BCUT2D eigenvalue weighted by Crippen LogP contribution is 2.22. The van der Waals surface area contributed by atoms with Gasteiger partial charge in [-0.15, -0.1) is 0 Å². The third-order valence-corrected chi connectivity index (χ3v) is 2.26. The molecule has 0 bridgehead atoms. The number of benzene rings is 1. The zero-order valence-electron chi connectivity index (χ0n) is 8.92. The molecule has 0 radical (unpaired) electrons. The SMILES string of the molecule is Cc1cc(C)c(OCCC#N)cc1C. The third kappa shape index (κ3) is 2.50. The predicted octanol–water partition coefficient (Wildman–Crippen LogP) is 2.90. The van der Waals surface area contributed by atoms with Crippen LogP contribution in [0.5, 0.6) is 5.75 Å². The minimum Gasteiger partial charge on any atom is -0.492 e. The molecule has 0 aliphatic rings. The first kappa shape index (κ1) is 10.6. The van der Waals surface area contributed by atoms with Gasteiger partial charge in [-0.05, 0) is 43.5 Å². The van der Waals surface area contributed by atoms with E-state index in [9.17, 15) is 0 Å². The fraction of sp³-hybridized carbons (Fsp3) is 0.417. The number of hydrogen-bond donors (Lipinski definition) is 0. The molecular formula is C12H15NO. The minimum absolute atomic E-state index is 0.437. The monoisotopic (exact) mass is 189 g/mol. The molecule has 0 N–H and O–H groups in total. The van der Waals surface area contributed by atoms with Crippen molar-refractivity contribution in [3.05, 3.63) is 28.8 Å². The van der Waals surface area contributed by atoms with Gasteiger partial charge in [0.15, 0.2) is 0 Å². The molecule has 0 unspecified atom stereocenters. The van der Waals surface area contributed by atoms with Crippen molar-refractivity contribution < 1.29 is 4.74 Å². The van der Waals surface area contributed by atoms with Crippen LogP contribution < -0.4 is 4.74 Å². The summed E-state index contributed by atoms with van der Waals surface area (Å²) < 4.78 is 5.49. The highest BCUT2D eigenvalue weighted by atomic mass is 16.5. The molecule has 0 saturated carbocycles. The van der Waals surface area contributed by atoms with Crippen molar-refractivity contribution in [2.24, 2.45) is 0 Å². The maximum atomic E-state index is 8.38. The summed E-state index contributed by atoms with van der Waals surface area (Å²) in [4.78, 5) is 0. The lowest BCUT2D eigenvalue weighted by atomic mass is 10.1. The van der Waals surface area contributed by atoms with Crippen molar-refractivity contribution in [3.63, 3.8) is 0 Å². The van der Waals surface area contributed by atoms with Crippen molar-refractivity contribution in [3.8, 4) is 11.8 Å². The Kier molecular flexibility index (Phi) is 3.53. The second kappa shape index (κ2) is 4.66. The number of ether oxygens (including phenoxy) is 1. The van der Waals surface area contributed by atoms with Gasteiger partial charge in [-0.2, -0.15) is 5.26 Å². The largest absolute Gasteiger partial charge is 0.492 e. The molecule has 14 heavy (non-hydrogen) atoms. The molecule has 1 rings (SSSR count). The van der Waals surface area contributed by atoms with E-state index in [1.807, 2.05) is 13.0 Å². The van der Waals surface area contributed by atoms with Crippen LogP contribution in [0.25, 0.3) is 0 Å². The topological polar surface area (TPSA) is 33.0 Å². The Morgan fingerprint density at radius 1 is 1.14 bits per heavy atom.